The summed E-state index contributed by atoms with van der Waals surface area (Å²) in [5.41, 5.74) is 1.34. The third-order valence-electron chi connectivity index (χ3n) is 2.90. The first-order valence-electron chi connectivity index (χ1n) is 6.38. The highest BCUT2D eigenvalue weighted by atomic mass is 16.1. The highest BCUT2D eigenvalue weighted by molar-refractivity contribution is 5.76. The Kier molecular flexibility index (Phi) is 4.56. The van der Waals surface area contributed by atoms with Crippen LogP contribution in [0.2, 0.25) is 0 Å². The van der Waals surface area contributed by atoms with Crippen LogP contribution in [0.5, 0.6) is 0 Å². The SMILES string of the molecule is O=C(CCNCCc1ccccc1)NC1CC1. The van der Waals surface area contributed by atoms with E-state index in [1.54, 1.807) is 0 Å². The molecule has 0 spiro atoms. The first-order valence-corrected chi connectivity index (χ1v) is 6.38. The van der Waals surface area contributed by atoms with Gasteiger partial charge in [0.25, 0.3) is 0 Å². The highest BCUT2D eigenvalue weighted by Gasteiger charge is 2.22. The summed E-state index contributed by atoms with van der Waals surface area (Å²) in [5.74, 6) is 0.180. The third kappa shape index (κ3) is 5.00. The second-order valence-electron chi connectivity index (χ2n) is 4.58. The fraction of sp³-hybridized carbons (Fsp3) is 0.500. The number of carbonyl (C=O) groups is 1. The van der Waals surface area contributed by atoms with Crippen LogP contribution in [0.1, 0.15) is 24.8 Å². The Morgan fingerprint density at radius 2 is 1.94 bits per heavy atom. The van der Waals surface area contributed by atoms with Crippen molar-refractivity contribution in [3.8, 4) is 0 Å². The average Bonchev–Trinajstić information content (AvgIpc) is 3.14. The van der Waals surface area contributed by atoms with E-state index >= 15 is 0 Å². The second kappa shape index (κ2) is 6.40. The molecule has 1 aromatic rings. The summed E-state index contributed by atoms with van der Waals surface area (Å²) in [6.07, 6.45) is 3.93. The molecule has 1 amide bonds. The molecule has 17 heavy (non-hydrogen) atoms. The Morgan fingerprint density at radius 1 is 1.18 bits per heavy atom. The van der Waals surface area contributed by atoms with Gasteiger partial charge in [0.15, 0.2) is 0 Å². The molecule has 0 bridgehead atoms. The van der Waals surface area contributed by atoms with Crippen LogP contribution in [0.4, 0.5) is 0 Å². The van der Waals surface area contributed by atoms with Crippen molar-refractivity contribution < 1.29 is 4.79 Å². The molecule has 1 fully saturated rings. The number of hydrogen-bond acceptors (Lipinski definition) is 2. The predicted molar refractivity (Wildman–Crippen MR) is 68.8 cm³/mol. The monoisotopic (exact) mass is 232 g/mol. The van der Waals surface area contributed by atoms with Crippen molar-refractivity contribution in [3.05, 3.63) is 35.9 Å². The van der Waals surface area contributed by atoms with Gasteiger partial charge in [0.05, 0.1) is 0 Å². The van der Waals surface area contributed by atoms with Gasteiger partial charge in [-0.15, -0.1) is 0 Å². The molecule has 0 aromatic heterocycles. The van der Waals surface area contributed by atoms with E-state index in [9.17, 15) is 4.79 Å². The summed E-state index contributed by atoms with van der Waals surface area (Å²) in [5, 5.41) is 6.28. The predicted octanol–water partition coefficient (Wildman–Crippen LogP) is 1.49. The molecule has 0 radical (unpaired) electrons. The summed E-state index contributed by atoms with van der Waals surface area (Å²) in [6, 6.07) is 10.9. The van der Waals surface area contributed by atoms with Crippen molar-refractivity contribution in [1.29, 1.82) is 0 Å². The average molecular weight is 232 g/mol. The van der Waals surface area contributed by atoms with E-state index in [4.69, 9.17) is 0 Å². The van der Waals surface area contributed by atoms with Gasteiger partial charge in [0.2, 0.25) is 5.91 Å². The summed E-state index contributed by atoms with van der Waals surface area (Å²) >= 11 is 0. The quantitative estimate of drug-likeness (QED) is 0.699. The molecule has 3 heteroatoms. The minimum atomic E-state index is 0.180. The van der Waals surface area contributed by atoms with E-state index in [0.717, 1.165) is 32.4 Å². The standard InChI is InChI=1S/C14H20N2O/c17-14(16-13-6-7-13)9-11-15-10-8-12-4-2-1-3-5-12/h1-5,13,15H,6-11H2,(H,16,17). The largest absolute Gasteiger partial charge is 0.353 e. The van der Waals surface area contributed by atoms with Crippen LogP contribution in [-0.2, 0) is 11.2 Å². The van der Waals surface area contributed by atoms with Gasteiger partial charge in [-0.25, -0.2) is 0 Å². The lowest BCUT2D eigenvalue weighted by Gasteiger charge is -2.05. The Labute approximate surface area is 103 Å². The van der Waals surface area contributed by atoms with E-state index in [-0.39, 0.29) is 5.91 Å². The third-order valence-corrected chi connectivity index (χ3v) is 2.90. The molecule has 0 unspecified atom stereocenters. The van der Waals surface area contributed by atoms with Crippen LogP contribution in [0.15, 0.2) is 30.3 Å². The fourth-order valence-electron chi connectivity index (χ4n) is 1.73. The normalized spacial score (nSPS) is 14.6. The minimum Gasteiger partial charge on any atom is -0.353 e. The zero-order valence-corrected chi connectivity index (χ0v) is 10.1. The lowest BCUT2D eigenvalue weighted by atomic mass is 10.1. The molecule has 1 saturated carbocycles. The Morgan fingerprint density at radius 3 is 2.65 bits per heavy atom. The Balaban J connectivity index is 1.50. The molecular formula is C14H20N2O. The number of amides is 1. The molecule has 2 N–H and O–H groups in total. The maximum Gasteiger partial charge on any atom is 0.221 e. The zero-order chi connectivity index (χ0) is 11.9. The van der Waals surface area contributed by atoms with Crippen LogP contribution in [0.3, 0.4) is 0 Å². The molecule has 0 heterocycles. The van der Waals surface area contributed by atoms with Crippen molar-refractivity contribution >= 4 is 5.91 Å². The molecule has 1 aromatic carbocycles. The van der Waals surface area contributed by atoms with Crippen LogP contribution >= 0.6 is 0 Å². The van der Waals surface area contributed by atoms with Crippen molar-refractivity contribution in [2.24, 2.45) is 0 Å². The number of benzene rings is 1. The lowest BCUT2D eigenvalue weighted by Crippen LogP contribution is -2.29. The molecule has 0 atom stereocenters. The number of nitrogens with one attached hydrogen (secondary N) is 2. The van der Waals surface area contributed by atoms with E-state index in [1.165, 1.54) is 5.56 Å². The van der Waals surface area contributed by atoms with Crippen molar-refractivity contribution in [2.45, 2.75) is 31.7 Å². The lowest BCUT2D eigenvalue weighted by molar-refractivity contribution is -0.121. The van der Waals surface area contributed by atoms with Crippen LogP contribution in [0.25, 0.3) is 0 Å². The number of rotatable bonds is 7. The smallest absolute Gasteiger partial charge is 0.221 e. The summed E-state index contributed by atoms with van der Waals surface area (Å²) < 4.78 is 0. The number of hydrogen-bond donors (Lipinski definition) is 2. The van der Waals surface area contributed by atoms with Gasteiger partial charge in [-0.1, -0.05) is 30.3 Å². The molecule has 92 valence electrons. The van der Waals surface area contributed by atoms with Crippen LogP contribution in [-0.4, -0.2) is 25.0 Å². The molecule has 1 aliphatic rings. The summed E-state index contributed by atoms with van der Waals surface area (Å²) in [7, 11) is 0. The van der Waals surface area contributed by atoms with Gasteiger partial charge < -0.3 is 10.6 Å². The van der Waals surface area contributed by atoms with Crippen molar-refractivity contribution in [3.63, 3.8) is 0 Å². The van der Waals surface area contributed by atoms with Gasteiger partial charge in [-0.2, -0.15) is 0 Å². The zero-order valence-electron chi connectivity index (χ0n) is 10.1. The topological polar surface area (TPSA) is 41.1 Å². The maximum atomic E-state index is 11.4. The van der Waals surface area contributed by atoms with Gasteiger partial charge in [-0.3, -0.25) is 4.79 Å². The molecule has 1 aliphatic carbocycles. The molecule has 2 rings (SSSR count). The van der Waals surface area contributed by atoms with Crippen LogP contribution < -0.4 is 10.6 Å². The summed E-state index contributed by atoms with van der Waals surface area (Å²) in [4.78, 5) is 11.4. The maximum absolute atomic E-state index is 11.4. The Bertz CT molecular complexity index is 346. The molecule has 0 aliphatic heterocycles. The Hall–Kier alpha value is -1.35. The minimum absolute atomic E-state index is 0.180. The van der Waals surface area contributed by atoms with Crippen molar-refractivity contribution in [1.82, 2.24) is 10.6 Å². The molecular weight excluding hydrogens is 212 g/mol. The summed E-state index contributed by atoms with van der Waals surface area (Å²) in [6.45, 7) is 1.70. The van der Waals surface area contributed by atoms with Gasteiger partial charge >= 0.3 is 0 Å². The van der Waals surface area contributed by atoms with Gasteiger partial charge in [0.1, 0.15) is 0 Å². The van der Waals surface area contributed by atoms with E-state index in [2.05, 4.69) is 34.9 Å². The van der Waals surface area contributed by atoms with E-state index in [0.29, 0.717) is 12.5 Å². The van der Waals surface area contributed by atoms with Crippen molar-refractivity contribution in [2.75, 3.05) is 13.1 Å². The second-order valence-corrected chi connectivity index (χ2v) is 4.58. The highest BCUT2D eigenvalue weighted by Crippen LogP contribution is 2.18. The fourth-order valence-corrected chi connectivity index (χ4v) is 1.73. The van der Waals surface area contributed by atoms with Gasteiger partial charge in [0, 0.05) is 19.0 Å². The van der Waals surface area contributed by atoms with E-state index in [1.807, 2.05) is 6.07 Å². The van der Waals surface area contributed by atoms with Gasteiger partial charge in [-0.05, 0) is 31.4 Å². The van der Waals surface area contributed by atoms with Crippen LogP contribution in [0, 0.1) is 0 Å². The molecule has 3 nitrogen and oxygen atoms in total. The molecule has 0 saturated heterocycles. The first kappa shape index (κ1) is 12.1. The van der Waals surface area contributed by atoms with E-state index < -0.39 is 0 Å². The first-order chi connectivity index (χ1) is 8.34. The number of carbonyl (C=O) groups excluding carboxylic acids is 1.